The minimum atomic E-state index is -0.520. The van der Waals surface area contributed by atoms with E-state index in [4.69, 9.17) is 27.9 Å². The molecule has 5 nitrogen and oxygen atoms in total. The summed E-state index contributed by atoms with van der Waals surface area (Å²) in [5, 5.41) is 4.57. The summed E-state index contributed by atoms with van der Waals surface area (Å²) in [6, 6.07) is 23.1. The summed E-state index contributed by atoms with van der Waals surface area (Å²) in [7, 11) is 0. The predicted octanol–water partition coefficient (Wildman–Crippen LogP) is 8.76. The molecule has 0 aliphatic heterocycles. The van der Waals surface area contributed by atoms with Crippen molar-refractivity contribution in [2.24, 2.45) is 0 Å². The first-order valence-electron chi connectivity index (χ1n) is 11.7. The first-order chi connectivity index (χ1) is 18.4. The van der Waals surface area contributed by atoms with Gasteiger partial charge in [-0.25, -0.2) is 4.39 Å². The molecule has 0 atom stereocenters. The molecule has 0 saturated carbocycles. The van der Waals surface area contributed by atoms with Crippen LogP contribution in [-0.4, -0.2) is 10.9 Å². The molecule has 0 bridgehead atoms. The maximum absolute atomic E-state index is 14.9. The standard InChI is InChI=1S/C29H22Cl2FN3O2S/c1-17-6-2-4-8-24(17)37-25-9-5-3-7-19(25)15-34-29(36)18-10-13-26(22(32)14-18)38-35-23-12-11-20(30)27-21(31)16-33-28(23)27/h2-14,16,33,35H,15H2,1H3,(H,34,36). The number of rotatable bonds is 8. The molecule has 0 aliphatic rings. The van der Waals surface area contributed by atoms with Crippen molar-refractivity contribution in [1.29, 1.82) is 0 Å². The number of aryl methyl sites for hydroxylation is 1. The maximum atomic E-state index is 14.9. The van der Waals surface area contributed by atoms with E-state index in [1.165, 1.54) is 6.07 Å². The van der Waals surface area contributed by atoms with E-state index in [-0.39, 0.29) is 18.0 Å². The van der Waals surface area contributed by atoms with E-state index >= 15 is 0 Å². The number of aromatic nitrogens is 1. The fourth-order valence-corrected chi connectivity index (χ4v) is 5.15. The number of fused-ring (bicyclic) bond motifs is 1. The van der Waals surface area contributed by atoms with Crippen molar-refractivity contribution in [1.82, 2.24) is 10.3 Å². The Morgan fingerprint density at radius 3 is 2.53 bits per heavy atom. The fourth-order valence-electron chi connectivity index (χ4n) is 3.90. The van der Waals surface area contributed by atoms with Crippen LogP contribution in [0.5, 0.6) is 11.5 Å². The smallest absolute Gasteiger partial charge is 0.251 e. The normalized spacial score (nSPS) is 10.9. The lowest BCUT2D eigenvalue weighted by atomic mass is 10.1. The van der Waals surface area contributed by atoms with Crippen LogP contribution >= 0.6 is 35.1 Å². The number of aromatic amines is 1. The summed E-state index contributed by atoms with van der Waals surface area (Å²) in [5.74, 6) is 0.479. The van der Waals surface area contributed by atoms with Gasteiger partial charge in [0.2, 0.25) is 0 Å². The molecule has 38 heavy (non-hydrogen) atoms. The Hall–Kier alpha value is -3.65. The van der Waals surface area contributed by atoms with Gasteiger partial charge in [0, 0.05) is 29.3 Å². The number of ether oxygens (including phenoxy) is 1. The zero-order chi connectivity index (χ0) is 26.6. The molecular weight excluding hydrogens is 544 g/mol. The van der Waals surface area contributed by atoms with Crippen molar-refractivity contribution in [3.8, 4) is 11.5 Å². The van der Waals surface area contributed by atoms with Gasteiger partial charge in [-0.15, -0.1) is 0 Å². The molecule has 1 amide bonds. The molecule has 192 valence electrons. The van der Waals surface area contributed by atoms with Gasteiger partial charge in [0.05, 0.1) is 26.1 Å². The van der Waals surface area contributed by atoms with E-state index in [1.807, 2.05) is 55.5 Å². The molecule has 0 unspecified atom stereocenters. The molecule has 1 heterocycles. The van der Waals surface area contributed by atoms with Gasteiger partial charge < -0.3 is 19.8 Å². The van der Waals surface area contributed by atoms with Gasteiger partial charge in [-0.1, -0.05) is 59.6 Å². The zero-order valence-electron chi connectivity index (χ0n) is 20.1. The number of nitrogens with one attached hydrogen (secondary N) is 3. The third kappa shape index (κ3) is 5.60. The SMILES string of the molecule is Cc1ccccc1Oc1ccccc1CNC(=O)c1ccc(SNc2ccc(Cl)c3c(Cl)c[nH]c23)c(F)c1. The lowest BCUT2D eigenvalue weighted by molar-refractivity contribution is 0.0950. The Bertz CT molecular complexity index is 1640. The van der Waals surface area contributed by atoms with Crippen LogP contribution in [0.25, 0.3) is 10.9 Å². The van der Waals surface area contributed by atoms with Crippen molar-refractivity contribution >= 4 is 57.6 Å². The molecular formula is C29H22Cl2FN3O2S. The number of hydrogen-bond acceptors (Lipinski definition) is 4. The first-order valence-corrected chi connectivity index (χ1v) is 13.2. The minimum Gasteiger partial charge on any atom is -0.457 e. The van der Waals surface area contributed by atoms with Crippen LogP contribution in [0.4, 0.5) is 10.1 Å². The summed E-state index contributed by atoms with van der Waals surface area (Å²) in [4.78, 5) is 16.2. The molecule has 9 heteroatoms. The minimum absolute atomic E-state index is 0.217. The van der Waals surface area contributed by atoms with E-state index in [0.717, 1.165) is 34.3 Å². The highest BCUT2D eigenvalue weighted by Crippen LogP contribution is 2.36. The first kappa shape index (κ1) is 26.0. The number of anilines is 1. The second kappa shape index (κ2) is 11.4. The van der Waals surface area contributed by atoms with Gasteiger partial charge in [-0.2, -0.15) is 0 Å². The van der Waals surface area contributed by atoms with Crippen molar-refractivity contribution in [3.05, 3.63) is 118 Å². The average Bonchev–Trinajstić information content (AvgIpc) is 3.32. The van der Waals surface area contributed by atoms with Crippen LogP contribution < -0.4 is 14.8 Å². The molecule has 0 spiro atoms. The Morgan fingerprint density at radius 2 is 1.74 bits per heavy atom. The topological polar surface area (TPSA) is 66.2 Å². The van der Waals surface area contributed by atoms with Gasteiger partial charge in [-0.05, 0) is 66.9 Å². The summed E-state index contributed by atoms with van der Waals surface area (Å²) in [6.07, 6.45) is 1.65. The lowest BCUT2D eigenvalue weighted by Gasteiger charge is -2.14. The second-order valence-electron chi connectivity index (χ2n) is 8.49. The molecule has 1 aromatic heterocycles. The van der Waals surface area contributed by atoms with Gasteiger partial charge in [0.25, 0.3) is 5.91 Å². The third-order valence-corrected chi connectivity index (χ3v) is 7.41. The van der Waals surface area contributed by atoms with E-state index in [1.54, 1.807) is 30.5 Å². The van der Waals surface area contributed by atoms with Gasteiger partial charge in [-0.3, -0.25) is 4.79 Å². The van der Waals surface area contributed by atoms with Crippen LogP contribution in [0.1, 0.15) is 21.5 Å². The van der Waals surface area contributed by atoms with Gasteiger partial charge >= 0.3 is 0 Å². The van der Waals surface area contributed by atoms with Crippen LogP contribution in [0, 0.1) is 12.7 Å². The van der Waals surface area contributed by atoms with E-state index in [2.05, 4.69) is 15.0 Å². The van der Waals surface area contributed by atoms with E-state index in [0.29, 0.717) is 31.8 Å². The van der Waals surface area contributed by atoms with Gasteiger partial charge in [0.15, 0.2) is 0 Å². The van der Waals surface area contributed by atoms with Crippen molar-refractivity contribution in [3.63, 3.8) is 0 Å². The molecule has 4 aromatic carbocycles. The number of benzene rings is 4. The highest BCUT2D eigenvalue weighted by Gasteiger charge is 2.14. The Morgan fingerprint density at radius 1 is 0.974 bits per heavy atom. The molecule has 0 saturated heterocycles. The average molecular weight is 566 g/mol. The van der Waals surface area contributed by atoms with E-state index < -0.39 is 5.82 Å². The highest BCUT2D eigenvalue weighted by molar-refractivity contribution is 8.00. The Kier molecular flexibility index (Phi) is 7.79. The van der Waals surface area contributed by atoms with Crippen LogP contribution in [0.3, 0.4) is 0 Å². The largest absolute Gasteiger partial charge is 0.457 e. The molecule has 0 aliphatic carbocycles. The van der Waals surface area contributed by atoms with Crippen molar-refractivity contribution in [2.75, 3.05) is 4.72 Å². The number of hydrogen-bond donors (Lipinski definition) is 3. The monoisotopic (exact) mass is 565 g/mol. The van der Waals surface area contributed by atoms with Crippen LogP contribution in [0.15, 0.2) is 90.0 Å². The number of amides is 1. The summed E-state index contributed by atoms with van der Waals surface area (Å²) in [6.45, 7) is 2.20. The summed E-state index contributed by atoms with van der Waals surface area (Å²) in [5.41, 5.74) is 3.45. The summed E-state index contributed by atoms with van der Waals surface area (Å²) < 4.78 is 24.1. The van der Waals surface area contributed by atoms with Gasteiger partial charge in [0.1, 0.15) is 17.3 Å². The summed E-state index contributed by atoms with van der Waals surface area (Å²) >= 11 is 13.5. The fraction of sp³-hybridized carbons (Fsp3) is 0.0690. The number of halogens is 3. The molecule has 0 radical (unpaired) electrons. The molecule has 3 N–H and O–H groups in total. The highest BCUT2D eigenvalue weighted by atomic mass is 35.5. The van der Waals surface area contributed by atoms with Crippen molar-refractivity contribution < 1.29 is 13.9 Å². The Balaban J connectivity index is 1.24. The number of para-hydroxylation sites is 2. The molecule has 0 fully saturated rings. The number of carbonyl (C=O) groups is 1. The predicted molar refractivity (Wildman–Crippen MR) is 153 cm³/mol. The number of carbonyl (C=O) groups excluding carboxylic acids is 1. The van der Waals surface area contributed by atoms with Crippen molar-refractivity contribution in [2.45, 2.75) is 18.4 Å². The maximum Gasteiger partial charge on any atom is 0.251 e. The van der Waals surface area contributed by atoms with Crippen LogP contribution in [-0.2, 0) is 6.54 Å². The molecule has 5 aromatic rings. The Labute approximate surface area is 233 Å². The number of H-pyrrole nitrogens is 1. The van der Waals surface area contributed by atoms with E-state index in [9.17, 15) is 9.18 Å². The molecule has 5 rings (SSSR count). The quantitative estimate of drug-likeness (QED) is 0.164. The second-order valence-corrected chi connectivity index (χ2v) is 10.2. The van der Waals surface area contributed by atoms with Crippen LogP contribution in [0.2, 0.25) is 10.0 Å². The zero-order valence-corrected chi connectivity index (χ0v) is 22.5. The third-order valence-electron chi connectivity index (χ3n) is 5.93. The lowest BCUT2D eigenvalue weighted by Crippen LogP contribution is -2.23.